The fourth-order valence-corrected chi connectivity index (χ4v) is 3.04. The fourth-order valence-electron chi connectivity index (χ4n) is 2.92. The predicted octanol–water partition coefficient (Wildman–Crippen LogP) is 4.40. The van der Waals surface area contributed by atoms with Crippen molar-refractivity contribution in [2.45, 2.75) is 39.0 Å². The van der Waals surface area contributed by atoms with Crippen LogP contribution in [0.1, 0.15) is 25.8 Å². The Bertz CT molecular complexity index is 723. The first kappa shape index (κ1) is 22.3. The van der Waals surface area contributed by atoms with Gasteiger partial charge in [-0.15, -0.1) is 0 Å². The van der Waals surface area contributed by atoms with E-state index in [1.807, 2.05) is 18.2 Å². The summed E-state index contributed by atoms with van der Waals surface area (Å²) in [6.45, 7) is 5.74. The Morgan fingerprint density at radius 1 is 1.04 bits per heavy atom. The van der Waals surface area contributed by atoms with E-state index in [-0.39, 0.29) is 6.61 Å². The van der Waals surface area contributed by atoms with E-state index in [9.17, 15) is 5.11 Å². The maximum absolute atomic E-state index is 10.5. The molecular formula is C22H30ClNO4. The zero-order valence-corrected chi connectivity index (χ0v) is 17.8. The Morgan fingerprint density at radius 2 is 1.71 bits per heavy atom. The van der Waals surface area contributed by atoms with Crippen LogP contribution in [0.2, 0.25) is 5.02 Å². The van der Waals surface area contributed by atoms with Crippen molar-refractivity contribution in [3.63, 3.8) is 0 Å². The van der Waals surface area contributed by atoms with Crippen molar-refractivity contribution in [1.82, 2.24) is 4.90 Å². The summed E-state index contributed by atoms with van der Waals surface area (Å²) in [4.78, 5) is 2.25. The van der Waals surface area contributed by atoms with Gasteiger partial charge in [-0.25, -0.2) is 0 Å². The van der Waals surface area contributed by atoms with Crippen molar-refractivity contribution < 1.29 is 19.3 Å². The molecule has 0 heterocycles. The summed E-state index contributed by atoms with van der Waals surface area (Å²) >= 11 is 5.88. The van der Waals surface area contributed by atoms with Crippen LogP contribution in [-0.4, -0.2) is 49.5 Å². The lowest BCUT2D eigenvalue weighted by molar-refractivity contribution is 0.0506. The number of aliphatic hydroxyl groups is 1. The van der Waals surface area contributed by atoms with E-state index in [1.165, 1.54) is 0 Å². The number of methoxy groups -OCH3 is 2. The lowest BCUT2D eigenvalue weighted by Gasteiger charge is -2.30. The van der Waals surface area contributed by atoms with E-state index >= 15 is 0 Å². The van der Waals surface area contributed by atoms with Gasteiger partial charge in [-0.05, 0) is 55.3 Å². The molecule has 0 aromatic heterocycles. The van der Waals surface area contributed by atoms with Crippen LogP contribution in [0.4, 0.5) is 0 Å². The maximum Gasteiger partial charge on any atom is 0.161 e. The summed E-state index contributed by atoms with van der Waals surface area (Å²) < 4.78 is 16.4. The SMILES string of the molecule is CC[C@@H](C)N(Cc1ccc(OC)c(OC)c1)C[C@@H](O)COc1ccc(Cl)cc1. The van der Waals surface area contributed by atoms with E-state index in [0.717, 1.165) is 12.0 Å². The van der Waals surface area contributed by atoms with Gasteiger partial charge >= 0.3 is 0 Å². The summed E-state index contributed by atoms with van der Waals surface area (Å²) in [5.74, 6) is 2.10. The molecule has 0 saturated heterocycles. The third-order valence-electron chi connectivity index (χ3n) is 4.75. The van der Waals surface area contributed by atoms with Gasteiger partial charge in [0.15, 0.2) is 11.5 Å². The second-order valence-corrected chi connectivity index (χ2v) is 7.23. The fraction of sp³-hybridized carbons (Fsp3) is 0.455. The van der Waals surface area contributed by atoms with Crippen molar-refractivity contribution in [3.05, 3.63) is 53.1 Å². The quantitative estimate of drug-likeness (QED) is 0.598. The minimum atomic E-state index is -0.607. The minimum absolute atomic E-state index is 0.223. The highest BCUT2D eigenvalue weighted by Gasteiger charge is 2.18. The van der Waals surface area contributed by atoms with Crippen molar-refractivity contribution in [1.29, 1.82) is 0 Å². The molecule has 2 aromatic rings. The van der Waals surface area contributed by atoms with E-state index in [4.69, 9.17) is 25.8 Å². The molecule has 6 heteroatoms. The largest absolute Gasteiger partial charge is 0.493 e. The first-order chi connectivity index (χ1) is 13.5. The third kappa shape index (κ3) is 6.59. The number of halogens is 1. The zero-order valence-electron chi connectivity index (χ0n) is 17.0. The van der Waals surface area contributed by atoms with Crippen LogP contribution in [-0.2, 0) is 6.54 Å². The summed E-state index contributed by atoms with van der Waals surface area (Å²) in [6.07, 6.45) is 0.378. The molecule has 0 amide bonds. The highest BCUT2D eigenvalue weighted by Crippen LogP contribution is 2.28. The van der Waals surface area contributed by atoms with E-state index in [2.05, 4.69) is 18.7 Å². The smallest absolute Gasteiger partial charge is 0.161 e. The molecule has 0 saturated carbocycles. The second-order valence-electron chi connectivity index (χ2n) is 6.79. The highest BCUT2D eigenvalue weighted by molar-refractivity contribution is 6.30. The van der Waals surface area contributed by atoms with Crippen molar-refractivity contribution >= 4 is 11.6 Å². The Kier molecular flexibility index (Phi) is 8.90. The van der Waals surface area contributed by atoms with Crippen molar-refractivity contribution in [2.24, 2.45) is 0 Å². The standard InChI is InChI=1S/C22H30ClNO4/c1-5-16(2)24(13-17-6-11-21(26-3)22(12-17)27-4)14-19(25)15-28-20-9-7-18(23)8-10-20/h6-12,16,19,25H,5,13-15H2,1-4H3/t16-,19-/m1/s1. The first-order valence-corrected chi connectivity index (χ1v) is 9.86. The second kappa shape index (κ2) is 11.1. The molecule has 28 heavy (non-hydrogen) atoms. The van der Waals surface area contributed by atoms with Crippen LogP contribution in [0.5, 0.6) is 17.2 Å². The van der Waals surface area contributed by atoms with Gasteiger partial charge in [0.25, 0.3) is 0 Å². The van der Waals surface area contributed by atoms with Gasteiger partial charge in [-0.3, -0.25) is 4.90 Å². The molecule has 1 N–H and O–H groups in total. The van der Waals surface area contributed by atoms with Crippen LogP contribution in [0.3, 0.4) is 0 Å². The summed E-state index contributed by atoms with van der Waals surface area (Å²) in [7, 11) is 3.26. The summed E-state index contributed by atoms with van der Waals surface area (Å²) in [5, 5.41) is 11.2. The summed E-state index contributed by atoms with van der Waals surface area (Å²) in [6, 6.07) is 13.4. The highest BCUT2D eigenvalue weighted by atomic mass is 35.5. The van der Waals surface area contributed by atoms with Gasteiger partial charge in [0.05, 0.1) is 14.2 Å². The number of aliphatic hydroxyl groups excluding tert-OH is 1. The molecule has 0 spiro atoms. The molecule has 0 fully saturated rings. The molecule has 0 radical (unpaired) electrons. The molecule has 154 valence electrons. The number of benzene rings is 2. The molecule has 0 aliphatic rings. The number of nitrogens with zero attached hydrogens (tertiary/aromatic N) is 1. The molecule has 0 unspecified atom stereocenters. The van der Waals surface area contributed by atoms with Crippen LogP contribution in [0.15, 0.2) is 42.5 Å². The minimum Gasteiger partial charge on any atom is -0.493 e. The van der Waals surface area contributed by atoms with Gasteiger partial charge in [-0.1, -0.05) is 24.6 Å². The number of rotatable bonds is 11. The van der Waals surface area contributed by atoms with Gasteiger partial charge in [0.1, 0.15) is 18.5 Å². The Morgan fingerprint density at radius 3 is 2.32 bits per heavy atom. The van der Waals surface area contributed by atoms with E-state index in [1.54, 1.807) is 38.5 Å². The lowest BCUT2D eigenvalue weighted by atomic mass is 10.1. The van der Waals surface area contributed by atoms with Gasteiger partial charge in [0.2, 0.25) is 0 Å². The lowest BCUT2D eigenvalue weighted by Crippen LogP contribution is -2.40. The third-order valence-corrected chi connectivity index (χ3v) is 5.00. The number of ether oxygens (including phenoxy) is 3. The summed E-state index contributed by atoms with van der Waals surface area (Å²) in [5.41, 5.74) is 1.10. The topological polar surface area (TPSA) is 51.2 Å². The maximum atomic E-state index is 10.5. The van der Waals surface area contributed by atoms with Crippen molar-refractivity contribution in [3.8, 4) is 17.2 Å². The Balaban J connectivity index is 1.99. The average Bonchev–Trinajstić information content (AvgIpc) is 2.72. The van der Waals surface area contributed by atoms with Crippen LogP contribution >= 0.6 is 11.6 Å². The van der Waals surface area contributed by atoms with E-state index in [0.29, 0.717) is 41.4 Å². The molecule has 0 bridgehead atoms. The molecule has 2 rings (SSSR count). The molecule has 0 aliphatic heterocycles. The Hall–Kier alpha value is -1.95. The van der Waals surface area contributed by atoms with Crippen LogP contribution in [0.25, 0.3) is 0 Å². The normalized spacial score (nSPS) is 13.2. The Labute approximate surface area is 172 Å². The first-order valence-electron chi connectivity index (χ1n) is 9.48. The van der Waals surface area contributed by atoms with Crippen molar-refractivity contribution in [2.75, 3.05) is 27.4 Å². The predicted molar refractivity (Wildman–Crippen MR) is 113 cm³/mol. The van der Waals surface area contributed by atoms with Gasteiger partial charge in [-0.2, -0.15) is 0 Å². The average molecular weight is 408 g/mol. The molecule has 2 aromatic carbocycles. The zero-order chi connectivity index (χ0) is 20.5. The number of hydrogen-bond acceptors (Lipinski definition) is 5. The van der Waals surface area contributed by atoms with Crippen LogP contribution in [0, 0.1) is 0 Å². The number of hydrogen-bond donors (Lipinski definition) is 1. The molecule has 2 atom stereocenters. The van der Waals surface area contributed by atoms with Crippen LogP contribution < -0.4 is 14.2 Å². The molecule has 5 nitrogen and oxygen atoms in total. The van der Waals surface area contributed by atoms with E-state index < -0.39 is 6.10 Å². The van der Waals surface area contributed by atoms with Gasteiger partial charge < -0.3 is 19.3 Å². The van der Waals surface area contributed by atoms with Gasteiger partial charge in [0, 0.05) is 24.2 Å². The monoisotopic (exact) mass is 407 g/mol. The molecule has 0 aliphatic carbocycles. The molecular weight excluding hydrogens is 378 g/mol.